The van der Waals surface area contributed by atoms with Gasteiger partial charge in [-0.2, -0.15) is 5.10 Å². The number of benzene rings is 1. The van der Waals surface area contributed by atoms with E-state index >= 15 is 0 Å². The highest BCUT2D eigenvalue weighted by Gasteiger charge is 2.14. The quantitative estimate of drug-likeness (QED) is 0.671. The molecule has 0 bridgehead atoms. The zero-order valence-corrected chi connectivity index (χ0v) is 10.6. The number of esters is 1. The predicted molar refractivity (Wildman–Crippen MR) is 69.7 cm³/mol. The summed E-state index contributed by atoms with van der Waals surface area (Å²) < 4.78 is 19.1. The molecule has 3 aromatic rings. The van der Waals surface area contributed by atoms with Crippen LogP contribution in [0, 0.1) is 5.82 Å². The molecule has 0 unspecified atom stereocenters. The summed E-state index contributed by atoms with van der Waals surface area (Å²) >= 11 is 0. The third-order valence-electron chi connectivity index (χ3n) is 2.89. The molecule has 100 valence electrons. The number of carbonyl (C=O) groups excluding carboxylic acids is 1. The van der Waals surface area contributed by atoms with E-state index in [2.05, 4.69) is 10.1 Å². The Kier molecular flexibility index (Phi) is 2.90. The van der Waals surface area contributed by atoms with Gasteiger partial charge in [-0.25, -0.2) is 18.7 Å². The van der Waals surface area contributed by atoms with Crippen LogP contribution in [0.15, 0.2) is 42.6 Å². The van der Waals surface area contributed by atoms with Crippen molar-refractivity contribution in [2.45, 2.75) is 0 Å². The molecule has 2 aromatic heterocycles. The SMILES string of the molecule is COC(=O)c1cc(-c2ccc(F)cc2)nc2ccnn12. The van der Waals surface area contributed by atoms with Crippen LogP contribution in [-0.2, 0) is 4.74 Å². The minimum absolute atomic E-state index is 0.266. The van der Waals surface area contributed by atoms with Gasteiger partial charge in [-0.05, 0) is 30.3 Å². The second kappa shape index (κ2) is 4.73. The Morgan fingerprint density at radius 3 is 2.70 bits per heavy atom. The fraction of sp³-hybridized carbons (Fsp3) is 0.0714. The third kappa shape index (κ3) is 2.01. The molecule has 0 saturated heterocycles. The molecule has 0 saturated carbocycles. The monoisotopic (exact) mass is 271 g/mol. The van der Waals surface area contributed by atoms with Gasteiger partial charge in [0.1, 0.15) is 5.82 Å². The van der Waals surface area contributed by atoms with Crippen LogP contribution >= 0.6 is 0 Å². The van der Waals surface area contributed by atoms with Gasteiger partial charge in [-0.1, -0.05) is 0 Å². The van der Waals surface area contributed by atoms with Crippen molar-refractivity contribution in [2.75, 3.05) is 7.11 Å². The van der Waals surface area contributed by atoms with Gasteiger partial charge in [0.2, 0.25) is 0 Å². The number of hydrogen-bond donors (Lipinski definition) is 0. The Morgan fingerprint density at radius 1 is 1.25 bits per heavy atom. The minimum atomic E-state index is -0.510. The van der Waals surface area contributed by atoms with Crippen molar-refractivity contribution in [1.29, 1.82) is 0 Å². The van der Waals surface area contributed by atoms with E-state index < -0.39 is 5.97 Å². The Bertz CT molecular complexity index is 781. The van der Waals surface area contributed by atoms with Crippen LogP contribution in [0.25, 0.3) is 16.9 Å². The first-order valence-corrected chi connectivity index (χ1v) is 5.88. The van der Waals surface area contributed by atoms with Crippen molar-refractivity contribution in [3.63, 3.8) is 0 Å². The number of carbonyl (C=O) groups is 1. The lowest BCUT2D eigenvalue weighted by Gasteiger charge is -2.06. The molecule has 0 aliphatic rings. The van der Waals surface area contributed by atoms with Gasteiger partial charge in [0.15, 0.2) is 11.3 Å². The standard InChI is InChI=1S/C14H10FN3O2/c1-20-14(19)12-8-11(9-2-4-10(15)5-3-9)17-13-6-7-16-18(12)13/h2-8H,1H3. The van der Waals surface area contributed by atoms with Gasteiger partial charge in [-0.3, -0.25) is 0 Å². The van der Waals surface area contributed by atoms with Gasteiger partial charge < -0.3 is 4.74 Å². The molecule has 6 heteroatoms. The number of fused-ring (bicyclic) bond motifs is 1. The number of halogens is 1. The maximum Gasteiger partial charge on any atom is 0.356 e. The van der Waals surface area contributed by atoms with Crippen LogP contribution in [0.3, 0.4) is 0 Å². The van der Waals surface area contributed by atoms with Crippen LogP contribution in [0.1, 0.15) is 10.5 Å². The van der Waals surface area contributed by atoms with E-state index in [0.717, 1.165) is 0 Å². The van der Waals surface area contributed by atoms with Crippen molar-refractivity contribution in [1.82, 2.24) is 14.6 Å². The minimum Gasteiger partial charge on any atom is -0.464 e. The van der Waals surface area contributed by atoms with E-state index in [9.17, 15) is 9.18 Å². The Morgan fingerprint density at radius 2 is 2.00 bits per heavy atom. The third-order valence-corrected chi connectivity index (χ3v) is 2.89. The maximum absolute atomic E-state index is 13.0. The Labute approximate surface area is 113 Å². The molecule has 0 radical (unpaired) electrons. The molecule has 1 aromatic carbocycles. The van der Waals surface area contributed by atoms with E-state index in [0.29, 0.717) is 16.9 Å². The van der Waals surface area contributed by atoms with Crippen LogP contribution < -0.4 is 0 Å². The molecule has 0 aliphatic heterocycles. The number of rotatable bonds is 2. The van der Waals surface area contributed by atoms with Crippen molar-refractivity contribution < 1.29 is 13.9 Å². The second-order valence-corrected chi connectivity index (χ2v) is 4.13. The van der Waals surface area contributed by atoms with Crippen LogP contribution in [-0.4, -0.2) is 27.7 Å². The zero-order chi connectivity index (χ0) is 14.1. The fourth-order valence-electron chi connectivity index (χ4n) is 1.93. The molecule has 3 rings (SSSR count). The van der Waals surface area contributed by atoms with Gasteiger partial charge in [0.05, 0.1) is 19.0 Å². The molecule has 0 aliphatic carbocycles. The van der Waals surface area contributed by atoms with Crippen LogP contribution in [0.2, 0.25) is 0 Å². The number of nitrogens with zero attached hydrogens (tertiary/aromatic N) is 3. The van der Waals surface area contributed by atoms with Gasteiger partial charge in [0, 0.05) is 11.6 Å². The maximum atomic E-state index is 13.0. The molecule has 0 N–H and O–H groups in total. The summed E-state index contributed by atoms with van der Waals surface area (Å²) in [6.07, 6.45) is 1.54. The summed E-state index contributed by atoms with van der Waals surface area (Å²) in [5.41, 5.74) is 2.05. The lowest BCUT2D eigenvalue weighted by Crippen LogP contribution is -2.10. The van der Waals surface area contributed by atoms with Crippen LogP contribution in [0.4, 0.5) is 4.39 Å². The lowest BCUT2D eigenvalue weighted by atomic mass is 10.1. The number of methoxy groups -OCH3 is 1. The summed E-state index contributed by atoms with van der Waals surface area (Å²) in [5, 5.41) is 4.03. The topological polar surface area (TPSA) is 56.5 Å². The largest absolute Gasteiger partial charge is 0.464 e. The average molecular weight is 271 g/mol. The highest BCUT2D eigenvalue weighted by molar-refractivity contribution is 5.89. The van der Waals surface area contributed by atoms with E-state index in [1.807, 2.05) is 0 Å². The van der Waals surface area contributed by atoms with E-state index in [-0.39, 0.29) is 11.5 Å². The molecular weight excluding hydrogens is 261 g/mol. The second-order valence-electron chi connectivity index (χ2n) is 4.13. The summed E-state index contributed by atoms with van der Waals surface area (Å²) in [5.74, 6) is -0.836. The lowest BCUT2D eigenvalue weighted by molar-refractivity contribution is 0.0590. The average Bonchev–Trinajstić information content (AvgIpc) is 2.94. The smallest absolute Gasteiger partial charge is 0.356 e. The molecule has 2 heterocycles. The van der Waals surface area contributed by atoms with Crippen molar-refractivity contribution in [2.24, 2.45) is 0 Å². The molecule has 5 nitrogen and oxygen atoms in total. The summed E-state index contributed by atoms with van der Waals surface area (Å²) in [4.78, 5) is 16.2. The Hall–Kier alpha value is -2.76. The zero-order valence-electron chi connectivity index (χ0n) is 10.6. The van der Waals surface area contributed by atoms with Crippen molar-refractivity contribution in [3.05, 3.63) is 54.1 Å². The van der Waals surface area contributed by atoms with Crippen molar-refractivity contribution >= 4 is 11.6 Å². The van der Waals surface area contributed by atoms with Crippen LogP contribution in [0.5, 0.6) is 0 Å². The van der Waals surface area contributed by atoms with Crippen molar-refractivity contribution in [3.8, 4) is 11.3 Å². The van der Waals surface area contributed by atoms with Gasteiger partial charge in [0.25, 0.3) is 0 Å². The molecular formula is C14H10FN3O2. The predicted octanol–water partition coefficient (Wildman–Crippen LogP) is 2.32. The van der Waals surface area contributed by atoms with E-state index in [4.69, 9.17) is 4.74 Å². The molecule has 0 amide bonds. The Balaban J connectivity index is 2.21. The molecule has 0 atom stereocenters. The van der Waals surface area contributed by atoms with Gasteiger partial charge >= 0.3 is 5.97 Å². The number of aromatic nitrogens is 3. The van der Waals surface area contributed by atoms with E-state index in [1.54, 1.807) is 30.5 Å². The highest BCUT2D eigenvalue weighted by Crippen LogP contribution is 2.20. The first kappa shape index (κ1) is 12.3. The summed E-state index contributed by atoms with van der Waals surface area (Å²) in [6, 6.07) is 9.14. The normalized spacial score (nSPS) is 10.7. The number of ether oxygens (including phenoxy) is 1. The summed E-state index contributed by atoms with van der Waals surface area (Å²) in [7, 11) is 1.30. The molecule has 20 heavy (non-hydrogen) atoms. The summed E-state index contributed by atoms with van der Waals surface area (Å²) in [6.45, 7) is 0. The first-order chi connectivity index (χ1) is 9.69. The fourth-order valence-corrected chi connectivity index (χ4v) is 1.93. The molecule has 0 fully saturated rings. The molecule has 0 spiro atoms. The first-order valence-electron chi connectivity index (χ1n) is 5.88. The van der Waals surface area contributed by atoms with Gasteiger partial charge in [-0.15, -0.1) is 0 Å². The highest BCUT2D eigenvalue weighted by atomic mass is 19.1. The van der Waals surface area contributed by atoms with E-state index in [1.165, 1.54) is 23.8 Å². The number of hydrogen-bond acceptors (Lipinski definition) is 4.